The van der Waals surface area contributed by atoms with Crippen LogP contribution < -0.4 is 4.83 Å². The van der Waals surface area contributed by atoms with Crippen LogP contribution in [0.2, 0.25) is 0 Å². The Morgan fingerprint density at radius 3 is 2.12 bits per heavy atom. The van der Waals surface area contributed by atoms with Gasteiger partial charge >= 0.3 is 0 Å². The number of rotatable bonds is 5. The van der Waals surface area contributed by atoms with Crippen LogP contribution in [0.25, 0.3) is 0 Å². The Morgan fingerprint density at radius 1 is 1.08 bits per heavy atom. The van der Waals surface area contributed by atoms with Gasteiger partial charge in [-0.25, -0.2) is 4.83 Å². The number of nitro groups is 1. The summed E-state index contributed by atoms with van der Waals surface area (Å²) in [6.07, 6.45) is 1.29. The molecule has 126 valence electrons. The monoisotopic (exact) mass is 347 g/mol. The first-order chi connectivity index (χ1) is 11.2. The Kier molecular flexibility index (Phi) is 4.99. The van der Waals surface area contributed by atoms with Gasteiger partial charge in [0.2, 0.25) is 0 Å². The Balaban J connectivity index is 2.20. The summed E-state index contributed by atoms with van der Waals surface area (Å²) in [5.41, 5.74) is 2.77. The summed E-state index contributed by atoms with van der Waals surface area (Å²) in [6, 6.07) is 9.20. The number of non-ortho nitro benzene ring substituents is 1. The van der Waals surface area contributed by atoms with Gasteiger partial charge in [-0.2, -0.15) is 13.5 Å². The van der Waals surface area contributed by atoms with Crippen molar-refractivity contribution in [1.29, 1.82) is 0 Å². The zero-order chi connectivity index (χ0) is 17.9. The van der Waals surface area contributed by atoms with Gasteiger partial charge in [-0.05, 0) is 49.6 Å². The van der Waals surface area contributed by atoms with Crippen molar-refractivity contribution in [3.05, 3.63) is 68.8 Å². The molecule has 0 radical (unpaired) electrons. The van der Waals surface area contributed by atoms with Crippen molar-refractivity contribution in [2.75, 3.05) is 0 Å². The van der Waals surface area contributed by atoms with E-state index in [2.05, 4.69) is 9.93 Å². The smallest absolute Gasteiger partial charge is 0.258 e. The van der Waals surface area contributed by atoms with Gasteiger partial charge in [0, 0.05) is 12.1 Å². The van der Waals surface area contributed by atoms with Crippen LogP contribution >= 0.6 is 0 Å². The topological polar surface area (TPSA) is 102 Å². The van der Waals surface area contributed by atoms with E-state index in [1.54, 1.807) is 26.0 Å². The Bertz CT molecular complexity index is 880. The molecule has 0 aliphatic carbocycles. The highest BCUT2D eigenvalue weighted by Crippen LogP contribution is 2.21. The van der Waals surface area contributed by atoms with Gasteiger partial charge in [-0.3, -0.25) is 10.1 Å². The highest BCUT2D eigenvalue weighted by atomic mass is 32.2. The second kappa shape index (κ2) is 6.79. The fourth-order valence-electron chi connectivity index (χ4n) is 2.49. The average Bonchev–Trinajstić information content (AvgIpc) is 2.46. The van der Waals surface area contributed by atoms with Crippen LogP contribution in [0.15, 0.2) is 46.4 Å². The summed E-state index contributed by atoms with van der Waals surface area (Å²) in [7, 11) is -3.79. The zero-order valence-corrected chi connectivity index (χ0v) is 14.3. The largest absolute Gasteiger partial charge is 0.277 e. The molecule has 0 saturated carbocycles. The molecule has 8 heteroatoms. The van der Waals surface area contributed by atoms with Gasteiger partial charge in [0.15, 0.2) is 0 Å². The predicted octanol–water partition coefficient (Wildman–Crippen LogP) is 2.83. The number of hydrazone groups is 1. The molecular formula is C16H17N3O4S. The molecule has 0 atom stereocenters. The lowest BCUT2D eigenvalue weighted by molar-refractivity contribution is -0.384. The first kappa shape index (κ1) is 17.6. The van der Waals surface area contributed by atoms with Crippen LogP contribution in [0.3, 0.4) is 0 Å². The molecule has 1 N–H and O–H groups in total. The van der Waals surface area contributed by atoms with Gasteiger partial charge in [-0.15, -0.1) is 0 Å². The van der Waals surface area contributed by atoms with Crippen molar-refractivity contribution in [2.45, 2.75) is 25.7 Å². The van der Waals surface area contributed by atoms with E-state index < -0.39 is 14.9 Å². The molecule has 0 bridgehead atoms. The Labute approximate surface area is 140 Å². The van der Waals surface area contributed by atoms with Gasteiger partial charge in [0.1, 0.15) is 0 Å². The van der Waals surface area contributed by atoms with Gasteiger partial charge in [0.25, 0.3) is 15.7 Å². The maximum atomic E-state index is 12.4. The molecule has 2 aromatic carbocycles. The SMILES string of the molecule is Cc1cc(C)c(S(=O)(=O)N/N=C/c2ccc([N+](=O)[O-])cc2)c(C)c1. The van der Waals surface area contributed by atoms with E-state index in [1.165, 1.54) is 30.5 Å². The lowest BCUT2D eigenvalue weighted by Crippen LogP contribution is -2.20. The number of nitro benzene ring substituents is 1. The van der Waals surface area contributed by atoms with E-state index in [0.29, 0.717) is 16.7 Å². The molecule has 2 rings (SSSR count). The van der Waals surface area contributed by atoms with E-state index in [0.717, 1.165) is 5.56 Å². The molecule has 0 amide bonds. The minimum absolute atomic E-state index is 0.0429. The van der Waals surface area contributed by atoms with E-state index in [9.17, 15) is 18.5 Å². The Hall–Kier alpha value is -2.74. The number of hydrogen-bond donors (Lipinski definition) is 1. The van der Waals surface area contributed by atoms with Crippen molar-refractivity contribution in [1.82, 2.24) is 4.83 Å². The van der Waals surface area contributed by atoms with Gasteiger partial charge in [-0.1, -0.05) is 17.7 Å². The van der Waals surface area contributed by atoms with Crippen molar-refractivity contribution in [3.63, 3.8) is 0 Å². The van der Waals surface area contributed by atoms with Crippen molar-refractivity contribution < 1.29 is 13.3 Å². The van der Waals surface area contributed by atoms with E-state index in [-0.39, 0.29) is 10.6 Å². The van der Waals surface area contributed by atoms with Crippen molar-refractivity contribution in [2.24, 2.45) is 5.10 Å². The van der Waals surface area contributed by atoms with Gasteiger partial charge < -0.3 is 0 Å². The summed E-state index contributed by atoms with van der Waals surface area (Å²) in [5.74, 6) is 0. The minimum atomic E-state index is -3.79. The van der Waals surface area contributed by atoms with Crippen LogP contribution in [0.5, 0.6) is 0 Å². The third kappa shape index (κ3) is 3.96. The first-order valence-electron chi connectivity index (χ1n) is 7.08. The normalized spacial score (nSPS) is 11.6. The summed E-state index contributed by atoms with van der Waals surface area (Å²) < 4.78 is 24.8. The highest BCUT2D eigenvalue weighted by molar-refractivity contribution is 7.89. The molecule has 0 saturated heterocycles. The fraction of sp³-hybridized carbons (Fsp3) is 0.188. The quantitative estimate of drug-likeness (QED) is 0.510. The fourth-order valence-corrected chi connectivity index (χ4v) is 3.74. The molecule has 0 aliphatic heterocycles. The second-order valence-electron chi connectivity index (χ2n) is 5.43. The summed E-state index contributed by atoms with van der Waals surface area (Å²) in [6.45, 7) is 5.36. The minimum Gasteiger partial charge on any atom is -0.258 e. The van der Waals surface area contributed by atoms with Crippen LogP contribution in [0.4, 0.5) is 5.69 Å². The standard InChI is InChI=1S/C16H17N3O4S/c1-11-8-12(2)16(13(3)9-11)24(22,23)18-17-10-14-4-6-15(7-5-14)19(20)21/h4-10,18H,1-3H3/b17-10+. The van der Waals surface area contributed by atoms with E-state index >= 15 is 0 Å². The third-order valence-corrected chi connectivity index (χ3v) is 4.89. The molecule has 0 aliphatic rings. The number of hydrogen-bond acceptors (Lipinski definition) is 5. The number of nitrogens with zero attached hydrogens (tertiary/aromatic N) is 2. The number of sulfonamides is 1. The summed E-state index contributed by atoms with van der Waals surface area (Å²) in [4.78, 5) is 12.4. The molecular weight excluding hydrogens is 330 g/mol. The second-order valence-corrected chi connectivity index (χ2v) is 7.03. The van der Waals surface area contributed by atoms with Gasteiger partial charge in [0.05, 0.1) is 16.0 Å². The number of nitrogens with one attached hydrogen (secondary N) is 1. The molecule has 0 fully saturated rings. The summed E-state index contributed by atoms with van der Waals surface area (Å²) >= 11 is 0. The zero-order valence-electron chi connectivity index (χ0n) is 13.5. The lowest BCUT2D eigenvalue weighted by atomic mass is 10.1. The van der Waals surface area contributed by atoms with Crippen molar-refractivity contribution in [3.8, 4) is 0 Å². The van der Waals surface area contributed by atoms with Crippen LogP contribution in [-0.4, -0.2) is 19.6 Å². The molecule has 0 aromatic heterocycles. The molecule has 0 spiro atoms. The molecule has 0 unspecified atom stereocenters. The van der Waals surface area contributed by atoms with E-state index in [4.69, 9.17) is 0 Å². The predicted molar refractivity (Wildman–Crippen MR) is 91.7 cm³/mol. The average molecular weight is 347 g/mol. The van der Waals surface area contributed by atoms with E-state index in [1.807, 2.05) is 6.92 Å². The molecule has 0 heterocycles. The molecule has 2 aromatic rings. The maximum Gasteiger partial charge on any atom is 0.277 e. The van der Waals surface area contributed by atoms with Crippen molar-refractivity contribution >= 4 is 21.9 Å². The lowest BCUT2D eigenvalue weighted by Gasteiger charge is -2.11. The highest BCUT2D eigenvalue weighted by Gasteiger charge is 2.19. The Morgan fingerprint density at radius 2 is 1.62 bits per heavy atom. The van der Waals surface area contributed by atoms with Crippen LogP contribution in [0, 0.1) is 30.9 Å². The third-order valence-electron chi connectivity index (χ3n) is 3.36. The first-order valence-corrected chi connectivity index (χ1v) is 8.56. The maximum absolute atomic E-state index is 12.4. The van der Waals surface area contributed by atoms with Crippen LogP contribution in [-0.2, 0) is 10.0 Å². The molecule has 7 nitrogen and oxygen atoms in total. The number of aryl methyl sites for hydroxylation is 3. The number of benzene rings is 2. The van der Waals surface area contributed by atoms with Crippen LogP contribution in [0.1, 0.15) is 22.3 Å². The summed E-state index contributed by atoms with van der Waals surface area (Å²) in [5, 5.41) is 14.3. The molecule has 24 heavy (non-hydrogen) atoms.